The summed E-state index contributed by atoms with van der Waals surface area (Å²) in [6.07, 6.45) is -1.47. The predicted molar refractivity (Wildman–Crippen MR) is 111 cm³/mol. The van der Waals surface area contributed by atoms with Crippen LogP contribution in [0.3, 0.4) is 0 Å². The largest absolute Gasteiger partial charge is 0.445 e. The molecule has 0 bridgehead atoms. The van der Waals surface area contributed by atoms with Crippen LogP contribution in [-0.4, -0.2) is 54.1 Å². The highest BCUT2D eigenvalue weighted by molar-refractivity contribution is 7.89. The van der Waals surface area contributed by atoms with E-state index in [4.69, 9.17) is 4.74 Å². The van der Waals surface area contributed by atoms with Gasteiger partial charge in [0.05, 0.1) is 17.1 Å². The molecule has 2 aromatic carbocycles. The number of aliphatic hydroxyl groups is 1. The highest BCUT2D eigenvalue weighted by atomic mass is 32.2. The molecule has 11 heteroatoms. The fraction of sp³-hybridized carbons (Fsp3) is 0.350. The molecule has 2 aromatic rings. The summed E-state index contributed by atoms with van der Waals surface area (Å²) in [4.78, 5) is 22.1. The minimum absolute atomic E-state index is 0.0807. The molecular formula is C20H23N3O7S. The SMILES string of the molecule is CN([C@H]1C[C@@H](NC(=O)OCc2ccccc2)C[C@@H]1O)S(=O)(=O)c1ccccc1[N+](=O)[O-]. The Balaban J connectivity index is 1.65. The number of hydrogen-bond acceptors (Lipinski definition) is 7. The second kappa shape index (κ2) is 9.41. The fourth-order valence-electron chi connectivity index (χ4n) is 3.59. The van der Waals surface area contributed by atoms with E-state index < -0.39 is 49.8 Å². The van der Waals surface area contributed by atoms with Gasteiger partial charge in [0.1, 0.15) is 6.61 Å². The molecule has 0 heterocycles. The van der Waals surface area contributed by atoms with Crippen molar-refractivity contribution in [1.82, 2.24) is 9.62 Å². The molecule has 166 valence electrons. The number of alkyl carbamates (subject to hydrolysis) is 1. The van der Waals surface area contributed by atoms with Gasteiger partial charge < -0.3 is 15.2 Å². The third-order valence-corrected chi connectivity index (χ3v) is 7.15. The van der Waals surface area contributed by atoms with Gasteiger partial charge in [-0.15, -0.1) is 0 Å². The summed E-state index contributed by atoms with van der Waals surface area (Å²) in [7, 11) is -2.98. The molecule has 10 nitrogen and oxygen atoms in total. The molecule has 1 saturated carbocycles. The quantitative estimate of drug-likeness (QED) is 0.487. The maximum Gasteiger partial charge on any atom is 0.407 e. The number of hydrogen-bond donors (Lipinski definition) is 2. The first-order chi connectivity index (χ1) is 14.7. The average molecular weight is 449 g/mol. The van der Waals surface area contributed by atoms with Crippen LogP contribution in [0.1, 0.15) is 18.4 Å². The first kappa shape index (κ1) is 22.7. The van der Waals surface area contributed by atoms with Gasteiger partial charge in [0.2, 0.25) is 10.0 Å². The number of nitro groups is 1. The number of para-hydroxylation sites is 1. The highest BCUT2D eigenvalue weighted by Crippen LogP contribution is 2.31. The van der Waals surface area contributed by atoms with E-state index >= 15 is 0 Å². The Hall–Kier alpha value is -3.02. The predicted octanol–water partition coefficient (Wildman–Crippen LogP) is 2.03. The number of rotatable bonds is 7. The van der Waals surface area contributed by atoms with Crippen molar-refractivity contribution in [3.8, 4) is 0 Å². The van der Waals surface area contributed by atoms with E-state index in [0.717, 1.165) is 22.0 Å². The number of likely N-dealkylation sites (N-methyl/N-ethyl adjacent to an activating group) is 1. The van der Waals surface area contributed by atoms with Gasteiger partial charge in [-0.1, -0.05) is 42.5 Å². The third-order valence-electron chi connectivity index (χ3n) is 5.22. The Kier molecular flexibility index (Phi) is 6.88. The minimum atomic E-state index is -4.24. The summed E-state index contributed by atoms with van der Waals surface area (Å²) in [5.41, 5.74) is 0.276. The average Bonchev–Trinajstić information content (AvgIpc) is 3.12. The fourth-order valence-corrected chi connectivity index (χ4v) is 5.14. The number of nitrogens with one attached hydrogen (secondary N) is 1. The van der Waals surface area contributed by atoms with Crippen LogP contribution in [0.25, 0.3) is 0 Å². The van der Waals surface area contributed by atoms with E-state index in [-0.39, 0.29) is 19.4 Å². The zero-order valence-electron chi connectivity index (χ0n) is 16.7. The number of sulfonamides is 1. The lowest BCUT2D eigenvalue weighted by Gasteiger charge is -2.26. The van der Waals surface area contributed by atoms with E-state index in [1.807, 2.05) is 30.3 Å². The molecule has 3 rings (SSSR count). The van der Waals surface area contributed by atoms with E-state index in [9.17, 15) is 28.4 Å². The molecule has 0 aromatic heterocycles. The van der Waals surface area contributed by atoms with Crippen molar-refractivity contribution in [2.24, 2.45) is 0 Å². The zero-order valence-corrected chi connectivity index (χ0v) is 17.6. The molecule has 0 aliphatic heterocycles. The topological polar surface area (TPSA) is 139 Å². The van der Waals surface area contributed by atoms with Gasteiger partial charge in [-0.05, 0) is 24.5 Å². The first-order valence-corrected chi connectivity index (χ1v) is 11.0. The van der Waals surface area contributed by atoms with Crippen molar-refractivity contribution in [2.75, 3.05) is 7.05 Å². The van der Waals surface area contributed by atoms with Crippen molar-refractivity contribution in [1.29, 1.82) is 0 Å². The number of nitrogens with zero attached hydrogens (tertiary/aromatic N) is 2. The molecule has 1 amide bonds. The monoisotopic (exact) mass is 449 g/mol. The molecule has 0 saturated heterocycles. The molecular weight excluding hydrogens is 426 g/mol. The lowest BCUT2D eigenvalue weighted by Crippen LogP contribution is -2.42. The van der Waals surface area contributed by atoms with Crippen LogP contribution in [-0.2, 0) is 21.4 Å². The van der Waals surface area contributed by atoms with Crippen molar-refractivity contribution in [3.63, 3.8) is 0 Å². The third kappa shape index (κ3) is 5.19. The van der Waals surface area contributed by atoms with Crippen molar-refractivity contribution in [2.45, 2.75) is 42.5 Å². The first-order valence-electron chi connectivity index (χ1n) is 9.57. The number of ether oxygens (including phenoxy) is 1. The molecule has 0 unspecified atom stereocenters. The molecule has 1 aliphatic rings. The molecule has 1 aliphatic carbocycles. The standard InChI is InChI=1S/C20H23N3O7S/c1-22(31(28,29)19-10-6-5-9-16(19)23(26)27)17-11-15(12-18(17)24)21-20(25)30-13-14-7-3-2-4-8-14/h2-10,15,17-18,24H,11-13H2,1H3,(H,21,25)/t15-,17+,18+/m1/s1. The summed E-state index contributed by atoms with van der Waals surface area (Å²) >= 11 is 0. The minimum Gasteiger partial charge on any atom is -0.445 e. The van der Waals surface area contributed by atoms with E-state index in [0.29, 0.717) is 0 Å². The van der Waals surface area contributed by atoms with E-state index in [1.54, 1.807) is 0 Å². The van der Waals surface area contributed by atoms with Gasteiger partial charge in [-0.2, -0.15) is 4.31 Å². The lowest BCUT2D eigenvalue weighted by molar-refractivity contribution is -0.387. The molecule has 31 heavy (non-hydrogen) atoms. The van der Waals surface area contributed by atoms with Gasteiger partial charge in [0.15, 0.2) is 4.90 Å². The Labute approximate surface area is 179 Å². The maximum absolute atomic E-state index is 13.0. The second-order valence-corrected chi connectivity index (χ2v) is 9.22. The van der Waals surface area contributed by atoms with Gasteiger partial charge >= 0.3 is 6.09 Å². The van der Waals surface area contributed by atoms with E-state index in [1.165, 1.54) is 19.2 Å². The van der Waals surface area contributed by atoms with Crippen molar-refractivity contribution >= 4 is 21.8 Å². The van der Waals surface area contributed by atoms with Crippen molar-refractivity contribution < 1.29 is 28.0 Å². The Morgan fingerprint density at radius 1 is 1.19 bits per heavy atom. The van der Waals surface area contributed by atoms with Crippen LogP contribution in [0, 0.1) is 10.1 Å². The number of carbonyl (C=O) groups is 1. The number of carbonyl (C=O) groups excluding carboxylic acids is 1. The molecule has 3 atom stereocenters. The van der Waals surface area contributed by atoms with Crippen LogP contribution in [0.4, 0.5) is 10.5 Å². The summed E-state index contributed by atoms with van der Waals surface area (Å²) in [5, 5.41) is 24.3. The van der Waals surface area contributed by atoms with Gasteiger partial charge in [0.25, 0.3) is 5.69 Å². The summed E-state index contributed by atoms with van der Waals surface area (Å²) in [5.74, 6) is 0. The number of amides is 1. The molecule has 0 spiro atoms. The number of nitro benzene ring substituents is 1. The van der Waals surface area contributed by atoms with Crippen LogP contribution in [0.2, 0.25) is 0 Å². The highest BCUT2D eigenvalue weighted by Gasteiger charge is 2.42. The van der Waals surface area contributed by atoms with E-state index in [2.05, 4.69) is 5.32 Å². The van der Waals surface area contributed by atoms with Crippen LogP contribution < -0.4 is 5.32 Å². The summed E-state index contributed by atoms with van der Waals surface area (Å²) in [6.45, 7) is 0.0807. The van der Waals surface area contributed by atoms with Crippen LogP contribution in [0.15, 0.2) is 59.5 Å². The number of benzene rings is 2. The normalized spacial score (nSPS) is 21.1. The van der Waals surface area contributed by atoms with Crippen LogP contribution >= 0.6 is 0 Å². The Morgan fingerprint density at radius 3 is 2.52 bits per heavy atom. The molecule has 2 N–H and O–H groups in total. The van der Waals surface area contributed by atoms with Gasteiger partial charge in [-0.25, -0.2) is 13.2 Å². The molecule has 1 fully saturated rings. The Bertz CT molecular complexity index is 1050. The smallest absolute Gasteiger partial charge is 0.407 e. The van der Waals surface area contributed by atoms with Crippen LogP contribution in [0.5, 0.6) is 0 Å². The molecule has 0 radical (unpaired) electrons. The lowest BCUT2D eigenvalue weighted by atomic mass is 10.2. The van der Waals surface area contributed by atoms with Crippen molar-refractivity contribution in [3.05, 3.63) is 70.3 Å². The summed E-state index contributed by atoms with van der Waals surface area (Å²) < 4.78 is 32.0. The zero-order chi connectivity index (χ0) is 22.6. The maximum atomic E-state index is 13.0. The number of aliphatic hydroxyl groups excluding tert-OH is 1. The van der Waals surface area contributed by atoms with Gasteiger partial charge in [0, 0.05) is 19.2 Å². The summed E-state index contributed by atoms with van der Waals surface area (Å²) in [6, 6.07) is 12.8. The Morgan fingerprint density at radius 2 is 1.84 bits per heavy atom. The second-order valence-electron chi connectivity index (χ2n) is 7.26. The van der Waals surface area contributed by atoms with Gasteiger partial charge in [-0.3, -0.25) is 10.1 Å².